The molecule has 1 heterocycles. The van der Waals surface area contributed by atoms with Crippen LogP contribution in [0.2, 0.25) is 0 Å². The summed E-state index contributed by atoms with van der Waals surface area (Å²) in [6.45, 7) is 4.98. The highest BCUT2D eigenvalue weighted by Crippen LogP contribution is 2.26. The highest BCUT2D eigenvalue weighted by atomic mass is 15.3. The molecule has 5 heteroatoms. The van der Waals surface area contributed by atoms with Gasteiger partial charge in [-0.25, -0.2) is 0 Å². The molecule has 0 amide bonds. The van der Waals surface area contributed by atoms with E-state index < -0.39 is 0 Å². The molecule has 5 nitrogen and oxygen atoms in total. The maximum atomic E-state index is 4.57. The minimum Gasteiger partial charge on any atom is -0.366 e. The van der Waals surface area contributed by atoms with Crippen molar-refractivity contribution in [2.24, 2.45) is 0 Å². The van der Waals surface area contributed by atoms with E-state index in [1.165, 1.54) is 18.4 Å². The first kappa shape index (κ1) is 12.8. The van der Waals surface area contributed by atoms with Gasteiger partial charge in [0, 0.05) is 18.3 Å². The maximum Gasteiger partial charge on any atom is 0.251 e. The summed E-state index contributed by atoms with van der Waals surface area (Å²) in [6.07, 6.45) is 4.12. The van der Waals surface area contributed by atoms with Gasteiger partial charge in [0.05, 0.1) is 6.20 Å². The van der Waals surface area contributed by atoms with E-state index in [1.54, 1.807) is 6.20 Å². The molecule has 1 N–H and O–H groups in total. The molecule has 20 heavy (non-hydrogen) atoms. The highest BCUT2D eigenvalue weighted by Gasteiger charge is 2.22. The van der Waals surface area contributed by atoms with E-state index in [4.69, 9.17) is 0 Å². The fourth-order valence-corrected chi connectivity index (χ4v) is 2.15. The molecular formula is C15H19N5. The van der Waals surface area contributed by atoms with Gasteiger partial charge in [-0.15, -0.1) is 5.10 Å². The van der Waals surface area contributed by atoms with Gasteiger partial charge in [0.1, 0.15) is 0 Å². The Bertz CT molecular complexity index is 594. The van der Waals surface area contributed by atoms with Crippen molar-refractivity contribution in [3.05, 3.63) is 36.0 Å². The number of aryl methyl sites for hydroxylation is 1. The fraction of sp³-hybridized carbons (Fsp3) is 0.400. The molecule has 0 radical (unpaired) electrons. The largest absolute Gasteiger partial charge is 0.366 e. The van der Waals surface area contributed by atoms with Gasteiger partial charge in [0.25, 0.3) is 5.95 Å². The van der Waals surface area contributed by atoms with Crippen LogP contribution in [-0.2, 0) is 0 Å². The van der Waals surface area contributed by atoms with E-state index >= 15 is 0 Å². The molecule has 0 spiro atoms. The molecule has 0 unspecified atom stereocenters. The number of nitrogens with zero attached hydrogens (tertiary/aromatic N) is 4. The van der Waals surface area contributed by atoms with Crippen LogP contribution in [0.15, 0.2) is 30.5 Å². The maximum absolute atomic E-state index is 4.57. The van der Waals surface area contributed by atoms with Gasteiger partial charge in [-0.3, -0.25) is 0 Å². The first-order chi connectivity index (χ1) is 9.76. The van der Waals surface area contributed by atoms with Crippen molar-refractivity contribution in [1.82, 2.24) is 15.2 Å². The Kier molecular flexibility index (Phi) is 3.50. The molecule has 1 aliphatic carbocycles. The lowest BCUT2D eigenvalue weighted by atomic mass is 10.2. The van der Waals surface area contributed by atoms with Gasteiger partial charge in [0.2, 0.25) is 0 Å². The summed E-state index contributed by atoms with van der Waals surface area (Å²) in [4.78, 5) is 6.64. The molecule has 1 fully saturated rings. The first-order valence-electron chi connectivity index (χ1n) is 7.06. The highest BCUT2D eigenvalue weighted by molar-refractivity contribution is 5.58. The van der Waals surface area contributed by atoms with Crippen LogP contribution in [0.3, 0.4) is 0 Å². The average molecular weight is 269 g/mol. The molecule has 0 aliphatic heterocycles. The SMILES string of the molecule is CCN(c1cccc(C)c1)c1nncc(NC2CC2)n1. The minimum absolute atomic E-state index is 0.564. The third-order valence-corrected chi connectivity index (χ3v) is 3.35. The summed E-state index contributed by atoms with van der Waals surface area (Å²) in [5.74, 6) is 1.45. The van der Waals surface area contributed by atoms with Crippen molar-refractivity contribution < 1.29 is 0 Å². The van der Waals surface area contributed by atoms with Crippen LogP contribution in [0, 0.1) is 6.92 Å². The lowest BCUT2D eigenvalue weighted by molar-refractivity contribution is 0.880. The van der Waals surface area contributed by atoms with Crippen LogP contribution in [0.1, 0.15) is 25.3 Å². The second kappa shape index (κ2) is 5.45. The Labute approximate surface area is 119 Å². The second-order valence-corrected chi connectivity index (χ2v) is 5.14. The van der Waals surface area contributed by atoms with E-state index in [0.717, 1.165) is 18.1 Å². The number of nitrogens with one attached hydrogen (secondary N) is 1. The van der Waals surface area contributed by atoms with Gasteiger partial charge < -0.3 is 10.2 Å². The van der Waals surface area contributed by atoms with E-state index in [-0.39, 0.29) is 0 Å². The summed E-state index contributed by atoms with van der Waals surface area (Å²) in [6, 6.07) is 8.90. The molecule has 0 bridgehead atoms. The van der Waals surface area contributed by atoms with E-state index in [9.17, 15) is 0 Å². The number of rotatable bonds is 5. The van der Waals surface area contributed by atoms with Gasteiger partial charge in [-0.05, 0) is 44.4 Å². The summed E-state index contributed by atoms with van der Waals surface area (Å²) < 4.78 is 0. The summed E-state index contributed by atoms with van der Waals surface area (Å²) >= 11 is 0. The minimum atomic E-state index is 0.564. The zero-order chi connectivity index (χ0) is 13.9. The quantitative estimate of drug-likeness (QED) is 0.904. The lowest BCUT2D eigenvalue weighted by Crippen LogP contribution is -2.20. The topological polar surface area (TPSA) is 53.9 Å². The van der Waals surface area contributed by atoms with E-state index in [0.29, 0.717) is 12.0 Å². The number of anilines is 3. The molecule has 2 aromatic rings. The van der Waals surface area contributed by atoms with Crippen molar-refractivity contribution in [2.45, 2.75) is 32.7 Å². The van der Waals surface area contributed by atoms with Crippen molar-refractivity contribution in [1.29, 1.82) is 0 Å². The smallest absolute Gasteiger partial charge is 0.251 e. The number of hydrogen-bond donors (Lipinski definition) is 1. The second-order valence-electron chi connectivity index (χ2n) is 5.14. The number of benzene rings is 1. The summed E-state index contributed by atoms with van der Waals surface area (Å²) in [5, 5.41) is 11.6. The molecule has 104 valence electrons. The molecule has 1 aromatic carbocycles. The van der Waals surface area contributed by atoms with Crippen molar-refractivity contribution in [3.8, 4) is 0 Å². The molecule has 1 aromatic heterocycles. The van der Waals surface area contributed by atoms with Crippen LogP contribution >= 0.6 is 0 Å². The third-order valence-electron chi connectivity index (χ3n) is 3.35. The molecule has 1 saturated carbocycles. The zero-order valence-electron chi connectivity index (χ0n) is 11.9. The fourth-order valence-electron chi connectivity index (χ4n) is 2.15. The first-order valence-corrected chi connectivity index (χ1v) is 7.06. The standard InChI is InChI=1S/C15H19N5/c1-3-20(13-6-4-5-11(2)9-13)15-18-14(10-16-19-15)17-12-7-8-12/h4-6,9-10,12H,3,7-8H2,1-2H3,(H,17,18,19). The van der Waals surface area contributed by atoms with Gasteiger partial charge in [-0.2, -0.15) is 10.1 Å². The van der Waals surface area contributed by atoms with Crippen LogP contribution in [0.5, 0.6) is 0 Å². The number of aromatic nitrogens is 3. The van der Waals surface area contributed by atoms with Crippen LogP contribution in [0.25, 0.3) is 0 Å². The molecule has 3 rings (SSSR count). The Morgan fingerprint density at radius 2 is 2.20 bits per heavy atom. The van der Waals surface area contributed by atoms with Crippen molar-refractivity contribution in [2.75, 3.05) is 16.8 Å². The van der Waals surface area contributed by atoms with Gasteiger partial charge in [-0.1, -0.05) is 12.1 Å². The Hall–Kier alpha value is -2.17. The van der Waals surface area contributed by atoms with Gasteiger partial charge in [0.15, 0.2) is 5.82 Å². The monoisotopic (exact) mass is 269 g/mol. The molecule has 0 atom stereocenters. The van der Waals surface area contributed by atoms with Crippen LogP contribution in [-0.4, -0.2) is 27.8 Å². The normalized spacial score (nSPS) is 14.1. The van der Waals surface area contributed by atoms with Crippen molar-refractivity contribution in [3.63, 3.8) is 0 Å². The van der Waals surface area contributed by atoms with E-state index in [2.05, 4.69) is 57.4 Å². The third kappa shape index (κ3) is 2.87. The Morgan fingerprint density at radius 1 is 1.35 bits per heavy atom. The summed E-state index contributed by atoms with van der Waals surface area (Å²) in [5.41, 5.74) is 2.32. The molecule has 0 saturated heterocycles. The lowest BCUT2D eigenvalue weighted by Gasteiger charge is -2.21. The zero-order valence-corrected chi connectivity index (χ0v) is 11.9. The molecule has 1 aliphatic rings. The summed E-state index contributed by atoms with van der Waals surface area (Å²) in [7, 11) is 0. The van der Waals surface area contributed by atoms with Crippen LogP contribution < -0.4 is 10.2 Å². The average Bonchev–Trinajstić information content (AvgIpc) is 3.24. The van der Waals surface area contributed by atoms with E-state index in [1.807, 2.05) is 6.07 Å². The predicted molar refractivity (Wildman–Crippen MR) is 80.3 cm³/mol. The Morgan fingerprint density at radius 3 is 2.90 bits per heavy atom. The predicted octanol–water partition coefficient (Wildman–Crippen LogP) is 2.91. The Balaban J connectivity index is 1.88. The van der Waals surface area contributed by atoms with Gasteiger partial charge >= 0.3 is 0 Å². The van der Waals surface area contributed by atoms with Crippen molar-refractivity contribution >= 4 is 17.5 Å². The number of hydrogen-bond acceptors (Lipinski definition) is 5. The molecular weight excluding hydrogens is 250 g/mol. The van der Waals surface area contributed by atoms with Crippen LogP contribution in [0.4, 0.5) is 17.5 Å².